The zero-order valence-corrected chi connectivity index (χ0v) is 9.09. The fourth-order valence-electron chi connectivity index (χ4n) is 1.10. The molecule has 1 aromatic heterocycles. The van der Waals surface area contributed by atoms with Crippen LogP contribution in [0.4, 0.5) is 5.69 Å². The van der Waals surface area contributed by atoms with Crippen LogP contribution in [0.25, 0.3) is 0 Å². The van der Waals surface area contributed by atoms with Crippen molar-refractivity contribution in [3.63, 3.8) is 0 Å². The lowest BCUT2D eigenvalue weighted by Gasteiger charge is -2.05. The van der Waals surface area contributed by atoms with Crippen molar-refractivity contribution < 1.29 is 14.3 Å². The maximum Gasteiger partial charge on any atom is 0.256 e. The molecule has 15 heavy (non-hydrogen) atoms. The maximum atomic E-state index is 11.3. The normalized spacial score (nSPS) is 10.1. The molecule has 0 aliphatic carbocycles. The zero-order valence-electron chi connectivity index (χ0n) is 9.09. The first-order valence-electron chi connectivity index (χ1n) is 4.65. The van der Waals surface area contributed by atoms with E-state index in [1.165, 1.54) is 7.11 Å². The molecule has 6 heteroatoms. The first kappa shape index (κ1) is 11.5. The van der Waals surface area contributed by atoms with Gasteiger partial charge in [-0.05, 0) is 13.8 Å². The van der Waals surface area contributed by atoms with E-state index in [9.17, 15) is 4.79 Å². The molecule has 0 unspecified atom stereocenters. The molecule has 1 aromatic rings. The summed E-state index contributed by atoms with van der Waals surface area (Å²) >= 11 is 0. The van der Waals surface area contributed by atoms with Crippen molar-refractivity contribution in [2.45, 2.75) is 13.8 Å². The van der Waals surface area contributed by atoms with Crippen LogP contribution >= 0.6 is 0 Å². The first-order chi connectivity index (χ1) is 7.19. The Labute approximate surface area is 88.0 Å². The Morgan fingerprint density at radius 3 is 2.93 bits per heavy atom. The number of aromatic nitrogens is 2. The molecule has 0 spiro atoms. The molecule has 0 saturated heterocycles. The number of nitrogens with one attached hydrogen (secondary N) is 2. The van der Waals surface area contributed by atoms with Crippen LogP contribution in [-0.2, 0) is 9.53 Å². The average molecular weight is 213 g/mol. The van der Waals surface area contributed by atoms with Crippen LogP contribution in [0.5, 0.6) is 5.88 Å². The van der Waals surface area contributed by atoms with Crippen molar-refractivity contribution in [2.24, 2.45) is 0 Å². The lowest BCUT2D eigenvalue weighted by Crippen LogP contribution is -2.17. The van der Waals surface area contributed by atoms with Gasteiger partial charge in [-0.1, -0.05) is 0 Å². The molecule has 0 saturated carbocycles. The Bertz CT molecular complexity index is 335. The zero-order chi connectivity index (χ0) is 11.3. The summed E-state index contributed by atoms with van der Waals surface area (Å²) in [7, 11) is 1.46. The number of aryl methyl sites for hydroxylation is 1. The number of carbonyl (C=O) groups is 1. The number of hydrogen-bond acceptors (Lipinski definition) is 4. The topological polar surface area (TPSA) is 76.2 Å². The predicted octanol–water partition coefficient (Wildman–Crippen LogP) is 0.702. The van der Waals surface area contributed by atoms with E-state index >= 15 is 0 Å². The Morgan fingerprint density at radius 2 is 2.33 bits per heavy atom. The number of aromatic amines is 1. The molecule has 0 atom stereocenters. The van der Waals surface area contributed by atoms with Gasteiger partial charge in [0.2, 0.25) is 0 Å². The quantitative estimate of drug-likeness (QED) is 0.755. The fraction of sp³-hybridized carbons (Fsp3) is 0.556. The molecule has 0 aromatic carbocycles. The van der Waals surface area contributed by atoms with Gasteiger partial charge in [0.15, 0.2) is 0 Å². The summed E-state index contributed by atoms with van der Waals surface area (Å²) in [6.07, 6.45) is 0. The van der Waals surface area contributed by atoms with E-state index < -0.39 is 0 Å². The Kier molecular flexibility index (Phi) is 4.11. The highest BCUT2D eigenvalue weighted by molar-refractivity contribution is 5.93. The standard InChI is InChI=1S/C9H15N3O3/c1-4-15-9-8(6(2)11-12-9)10-7(13)5-14-3/h4-5H2,1-3H3,(H,10,13)(H,11,12). The summed E-state index contributed by atoms with van der Waals surface area (Å²) in [6.45, 7) is 4.16. The fourth-order valence-corrected chi connectivity index (χ4v) is 1.10. The number of H-pyrrole nitrogens is 1. The molecular formula is C9H15N3O3. The van der Waals surface area contributed by atoms with Gasteiger partial charge in [0, 0.05) is 7.11 Å². The van der Waals surface area contributed by atoms with Crippen molar-refractivity contribution in [2.75, 3.05) is 25.6 Å². The minimum atomic E-state index is -0.233. The molecule has 0 aliphatic heterocycles. The van der Waals surface area contributed by atoms with Crippen molar-refractivity contribution in [1.29, 1.82) is 0 Å². The number of methoxy groups -OCH3 is 1. The molecule has 6 nitrogen and oxygen atoms in total. The lowest BCUT2D eigenvalue weighted by atomic mass is 10.4. The van der Waals surface area contributed by atoms with E-state index in [1.54, 1.807) is 6.92 Å². The number of anilines is 1. The molecule has 0 fully saturated rings. The van der Waals surface area contributed by atoms with Crippen LogP contribution in [0.15, 0.2) is 0 Å². The van der Waals surface area contributed by atoms with Crippen molar-refractivity contribution in [3.8, 4) is 5.88 Å². The second-order valence-corrected chi connectivity index (χ2v) is 2.94. The van der Waals surface area contributed by atoms with E-state index in [0.29, 0.717) is 18.2 Å². The average Bonchev–Trinajstić information content (AvgIpc) is 2.51. The summed E-state index contributed by atoms with van der Waals surface area (Å²) in [4.78, 5) is 11.3. The Balaban J connectivity index is 2.73. The van der Waals surface area contributed by atoms with Crippen LogP contribution in [-0.4, -0.2) is 36.4 Å². The van der Waals surface area contributed by atoms with Crippen LogP contribution < -0.4 is 10.1 Å². The van der Waals surface area contributed by atoms with Gasteiger partial charge in [0.1, 0.15) is 12.3 Å². The summed E-state index contributed by atoms with van der Waals surface area (Å²) in [5.74, 6) is 0.169. The summed E-state index contributed by atoms with van der Waals surface area (Å²) < 4.78 is 9.95. The molecule has 0 radical (unpaired) electrons. The van der Waals surface area contributed by atoms with Gasteiger partial charge in [0.25, 0.3) is 11.8 Å². The molecule has 1 heterocycles. The van der Waals surface area contributed by atoms with E-state index in [4.69, 9.17) is 9.47 Å². The molecule has 1 rings (SSSR count). The van der Waals surface area contributed by atoms with Crippen LogP contribution in [0.2, 0.25) is 0 Å². The van der Waals surface area contributed by atoms with Crippen LogP contribution in [0.3, 0.4) is 0 Å². The van der Waals surface area contributed by atoms with E-state index in [-0.39, 0.29) is 12.5 Å². The van der Waals surface area contributed by atoms with E-state index in [2.05, 4.69) is 15.5 Å². The largest absolute Gasteiger partial charge is 0.475 e. The maximum absolute atomic E-state index is 11.3. The number of amides is 1. The predicted molar refractivity (Wildman–Crippen MR) is 55.0 cm³/mol. The van der Waals surface area contributed by atoms with E-state index in [0.717, 1.165) is 5.69 Å². The number of rotatable bonds is 5. The lowest BCUT2D eigenvalue weighted by molar-refractivity contribution is -0.119. The minimum absolute atomic E-state index is 0.0101. The Hall–Kier alpha value is -1.56. The SMILES string of the molecule is CCOc1n[nH]c(C)c1NC(=O)COC. The summed E-state index contributed by atoms with van der Waals surface area (Å²) in [5, 5.41) is 9.32. The smallest absolute Gasteiger partial charge is 0.256 e. The van der Waals surface area contributed by atoms with Crippen molar-refractivity contribution >= 4 is 11.6 Å². The van der Waals surface area contributed by atoms with Gasteiger partial charge in [-0.2, -0.15) is 0 Å². The Morgan fingerprint density at radius 1 is 1.60 bits per heavy atom. The molecule has 0 aliphatic rings. The summed E-state index contributed by atoms with van der Waals surface area (Å²) in [6, 6.07) is 0. The monoisotopic (exact) mass is 213 g/mol. The molecular weight excluding hydrogens is 198 g/mol. The van der Waals surface area contributed by atoms with Crippen molar-refractivity contribution in [3.05, 3.63) is 5.69 Å². The third kappa shape index (κ3) is 2.95. The summed E-state index contributed by atoms with van der Waals surface area (Å²) in [5.41, 5.74) is 1.32. The number of carbonyl (C=O) groups excluding carboxylic acids is 1. The molecule has 2 N–H and O–H groups in total. The third-order valence-electron chi connectivity index (χ3n) is 1.73. The van der Waals surface area contributed by atoms with Crippen LogP contribution in [0.1, 0.15) is 12.6 Å². The highest BCUT2D eigenvalue weighted by Gasteiger charge is 2.13. The van der Waals surface area contributed by atoms with E-state index in [1.807, 2.05) is 6.92 Å². The number of ether oxygens (including phenoxy) is 2. The second kappa shape index (κ2) is 5.35. The van der Waals surface area contributed by atoms with Crippen LogP contribution in [0, 0.1) is 6.92 Å². The molecule has 1 amide bonds. The highest BCUT2D eigenvalue weighted by atomic mass is 16.5. The van der Waals surface area contributed by atoms with Gasteiger partial charge >= 0.3 is 0 Å². The first-order valence-corrected chi connectivity index (χ1v) is 4.65. The second-order valence-electron chi connectivity index (χ2n) is 2.94. The molecule has 84 valence electrons. The van der Waals surface area contributed by atoms with Gasteiger partial charge in [-0.15, -0.1) is 5.10 Å². The highest BCUT2D eigenvalue weighted by Crippen LogP contribution is 2.24. The van der Waals surface area contributed by atoms with Gasteiger partial charge in [-0.3, -0.25) is 9.89 Å². The van der Waals surface area contributed by atoms with Gasteiger partial charge in [0.05, 0.1) is 12.3 Å². The van der Waals surface area contributed by atoms with Gasteiger partial charge < -0.3 is 14.8 Å². The van der Waals surface area contributed by atoms with Gasteiger partial charge in [-0.25, -0.2) is 0 Å². The third-order valence-corrected chi connectivity index (χ3v) is 1.73. The minimum Gasteiger partial charge on any atom is -0.475 e. The molecule has 0 bridgehead atoms. The number of hydrogen-bond donors (Lipinski definition) is 2. The van der Waals surface area contributed by atoms with Crippen molar-refractivity contribution in [1.82, 2.24) is 10.2 Å². The number of nitrogens with zero attached hydrogens (tertiary/aromatic N) is 1.